The standard InChI is InChI=1S/C8H13N3O2/c1-10(2)8(13)7(12)6-4-9-5-11(6)3/h4-5,7,12H,1-3H3. The molecule has 1 rings (SSSR count). The highest BCUT2D eigenvalue weighted by Crippen LogP contribution is 2.12. The van der Waals surface area contributed by atoms with Crippen LogP contribution in [0.4, 0.5) is 0 Å². The number of rotatable bonds is 2. The van der Waals surface area contributed by atoms with Crippen molar-refractivity contribution in [3.63, 3.8) is 0 Å². The molecule has 0 radical (unpaired) electrons. The maximum absolute atomic E-state index is 11.3. The summed E-state index contributed by atoms with van der Waals surface area (Å²) in [7, 11) is 4.93. The maximum Gasteiger partial charge on any atom is 0.257 e. The molecule has 0 aliphatic heterocycles. The Morgan fingerprint density at radius 1 is 1.69 bits per heavy atom. The van der Waals surface area contributed by atoms with E-state index < -0.39 is 6.10 Å². The van der Waals surface area contributed by atoms with Crippen LogP contribution in [0.2, 0.25) is 0 Å². The van der Waals surface area contributed by atoms with E-state index in [1.807, 2.05) is 0 Å². The molecule has 1 N–H and O–H groups in total. The number of imidazole rings is 1. The van der Waals surface area contributed by atoms with Crippen molar-refractivity contribution in [1.82, 2.24) is 14.5 Å². The van der Waals surface area contributed by atoms with Crippen molar-refractivity contribution in [2.45, 2.75) is 6.10 Å². The first kappa shape index (κ1) is 9.73. The van der Waals surface area contributed by atoms with E-state index in [0.29, 0.717) is 5.69 Å². The van der Waals surface area contributed by atoms with Crippen LogP contribution >= 0.6 is 0 Å². The normalized spacial score (nSPS) is 12.6. The number of carbonyl (C=O) groups is 1. The van der Waals surface area contributed by atoms with Crippen LogP contribution in [0.15, 0.2) is 12.5 Å². The zero-order valence-corrected chi connectivity index (χ0v) is 7.93. The Kier molecular flexibility index (Phi) is 2.67. The Hall–Kier alpha value is -1.36. The first-order valence-corrected chi connectivity index (χ1v) is 3.89. The van der Waals surface area contributed by atoms with Gasteiger partial charge in [-0.2, -0.15) is 0 Å². The number of aliphatic hydroxyl groups excluding tert-OH is 1. The lowest BCUT2D eigenvalue weighted by Crippen LogP contribution is -2.29. The number of carbonyl (C=O) groups excluding carboxylic acids is 1. The molecule has 1 aromatic heterocycles. The molecular weight excluding hydrogens is 170 g/mol. The number of aromatic nitrogens is 2. The maximum atomic E-state index is 11.3. The van der Waals surface area contributed by atoms with E-state index in [1.165, 1.54) is 11.1 Å². The van der Waals surface area contributed by atoms with Gasteiger partial charge in [0.15, 0.2) is 6.10 Å². The highest BCUT2D eigenvalue weighted by molar-refractivity contribution is 5.81. The van der Waals surface area contributed by atoms with Gasteiger partial charge in [0.25, 0.3) is 5.91 Å². The summed E-state index contributed by atoms with van der Waals surface area (Å²) < 4.78 is 1.62. The second-order valence-corrected chi connectivity index (χ2v) is 3.06. The van der Waals surface area contributed by atoms with Crippen molar-refractivity contribution in [3.05, 3.63) is 18.2 Å². The second-order valence-electron chi connectivity index (χ2n) is 3.06. The van der Waals surface area contributed by atoms with E-state index >= 15 is 0 Å². The van der Waals surface area contributed by atoms with E-state index in [-0.39, 0.29) is 5.91 Å². The lowest BCUT2D eigenvalue weighted by Gasteiger charge is -2.15. The molecule has 13 heavy (non-hydrogen) atoms. The van der Waals surface area contributed by atoms with Crippen molar-refractivity contribution in [2.24, 2.45) is 7.05 Å². The molecule has 0 aliphatic rings. The Labute approximate surface area is 76.6 Å². The molecule has 0 saturated carbocycles. The molecule has 1 heterocycles. The number of aryl methyl sites for hydroxylation is 1. The first-order chi connectivity index (χ1) is 6.04. The molecule has 0 bridgehead atoms. The Morgan fingerprint density at radius 2 is 2.31 bits per heavy atom. The third-order valence-electron chi connectivity index (χ3n) is 1.81. The van der Waals surface area contributed by atoms with Crippen LogP contribution in [0.25, 0.3) is 0 Å². The van der Waals surface area contributed by atoms with Gasteiger partial charge in [-0.15, -0.1) is 0 Å². The number of amides is 1. The van der Waals surface area contributed by atoms with Gasteiger partial charge in [0, 0.05) is 21.1 Å². The van der Waals surface area contributed by atoms with Crippen molar-refractivity contribution in [2.75, 3.05) is 14.1 Å². The lowest BCUT2D eigenvalue weighted by atomic mass is 10.2. The molecule has 0 saturated heterocycles. The van der Waals surface area contributed by atoms with Gasteiger partial charge in [-0.05, 0) is 0 Å². The molecule has 0 fully saturated rings. The molecule has 0 aromatic carbocycles. The number of nitrogens with zero attached hydrogens (tertiary/aromatic N) is 3. The molecule has 1 unspecified atom stereocenters. The minimum absolute atomic E-state index is 0.344. The van der Waals surface area contributed by atoms with Crippen molar-refractivity contribution in [1.29, 1.82) is 0 Å². The van der Waals surface area contributed by atoms with Gasteiger partial charge >= 0.3 is 0 Å². The highest BCUT2D eigenvalue weighted by atomic mass is 16.3. The van der Waals surface area contributed by atoms with Crippen LogP contribution in [0.5, 0.6) is 0 Å². The SMILES string of the molecule is CN(C)C(=O)C(O)c1cncn1C. The van der Waals surface area contributed by atoms with Crippen molar-refractivity contribution >= 4 is 5.91 Å². The molecule has 0 spiro atoms. The third kappa shape index (κ3) is 1.86. The highest BCUT2D eigenvalue weighted by Gasteiger charge is 2.21. The van der Waals surface area contributed by atoms with Gasteiger partial charge in [-0.3, -0.25) is 4.79 Å². The molecule has 72 valence electrons. The summed E-state index contributed by atoms with van der Waals surface area (Å²) in [5.74, 6) is -0.344. The summed E-state index contributed by atoms with van der Waals surface area (Å²) in [5.41, 5.74) is 0.499. The number of likely N-dealkylation sites (N-methyl/N-ethyl adjacent to an activating group) is 1. The van der Waals surface area contributed by atoms with Gasteiger partial charge in [0.1, 0.15) is 0 Å². The van der Waals surface area contributed by atoms with Gasteiger partial charge in [-0.25, -0.2) is 4.98 Å². The fourth-order valence-corrected chi connectivity index (χ4v) is 1.00. The fourth-order valence-electron chi connectivity index (χ4n) is 1.00. The Morgan fingerprint density at radius 3 is 2.69 bits per heavy atom. The average molecular weight is 183 g/mol. The minimum atomic E-state index is -1.12. The minimum Gasteiger partial charge on any atom is -0.377 e. The fraction of sp³-hybridized carbons (Fsp3) is 0.500. The van der Waals surface area contributed by atoms with Crippen LogP contribution in [0, 0.1) is 0 Å². The monoisotopic (exact) mass is 183 g/mol. The Bertz CT molecular complexity index is 306. The van der Waals surface area contributed by atoms with Gasteiger partial charge in [0.2, 0.25) is 0 Å². The predicted molar refractivity (Wildman–Crippen MR) is 46.9 cm³/mol. The van der Waals surface area contributed by atoms with Crippen LogP contribution < -0.4 is 0 Å². The predicted octanol–water partition coefficient (Wildman–Crippen LogP) is -0.458. The van der Waals surface area contributed by atoms with Gasteiger partial charge in [-0.1, -0.05) is 0 Å². The molecule has 5 heteroatoms. The van der Waals surface area contributed by atoms with Crippen LogP contribution in [-0.4, -0.2) is 39.6 Å². The Balaban J connectivity index is 2.85. The van der Waals surface area contributed by atoms with E-state index in [1.54, 1.807) is 32.0 Å². The van der Waals surface area contributed by atoms with Crippen LogP contribution in [0.1, 0.15) is 11.8 Å². The number of hydrogen-bond donors (Lipinski definition) is 1. The third-order valence-corrected chi connectivity index (χ3v) is 1.81. The smallest absolute Gasteiger partial charge is 0.257 e. The van der Waals surface area contributed by atoms with E-state index in [9.17, 15) is 9.90 Å². The zero-order valence-electron chi connectivity index (χ0n) is 7.93. The van der Waals surface area contributed by atoms with Crippen molar-refractivity contribution < 1.29 is 9.90 Å². The zero-order chi connectivity index (χ0) is 10.0. The topological polar surface area (TPSA) is 58.4 Å². The molecule has 0 aliphatic carbocycles. The summed E-state index contributed by atoms with van der Waals surface area (Å²) in [6.07, 6.45) is 1.90. The summed E-state index contributed by atoms with van der Waals surface area (Å²) in [4.78, 5) is 16.5. The molecular formula is C8H13N3O2. The molecule has 1 amide bonds. The van der Waals surface area contributed by atoms with E-state index in [0.717, 1.165) is 0 Å². The van der Waals surface area contributed by atoms with Gasteiger partial charge in [0.05, 0.1) is 18.2 Å². The summed E-state index contributed by atoms with van der Waals surface area (Å²) >= 11 is 0. The van der Waals surface area contributed by atoms with Crippen LogP contribution in [0.3, 0.4) is 0 Å². The summed E-state index contributed by atoms with van der Waals surface area (Å²) in [5, 5.41) is 9.58. The van der Waals surface area contributed by atoms with Gasteiger partial charge < -0.3 is 14.6 Å². The molecule has 1 atom stereocenters. The molecule has 1 aromatic rings. The quantitative estimate of drug-likeness (QED) is 0.675. The summed E-state index contributed by atoms with van der Waals surface area (Å²) in [6.45, 7) is 0. The average Bonchev–Trinajstić information content (AvgIpc) is 2.48. The van der Waals surface area contributed by atoms with E-state index in [2.05, 4.69) is 4.98 Å². The second kappa shape index (κ2) is 3.57. The lowest BCUT2D eigenvalue weighted by molar-refractivity contribution is -0.138. The first-order valence-electron chi connectivity index (χ1n) is 3.89. The van der Waals surface area contributed by atoms with Crippen molar-refractivity contribution in [3.8, 4) is 0 Å². The summed E-state index contributed by atoms with van der Waals surface area (Å²) in [6, 6.07) is 0. The number of hydrogen-bond acceptors (Lipinski definition) is 3. The largest absolute Gasteiger partial charge is 0.377 e. The van der Waals surface area contributed by atoms with E-state index in [4.69, 9.17) is 0 Å². The molecule has 5 nitrogen and oxygen atoms in total. The van der Waals surface area contributed by atoms with Crippen LogP contribution in [-0.2, 0) is 11.8 Å². The number of aliphatic hydroxyl groups is 1.